The normalized spacial score (nSPS) is 18.9. The van der Waals surface area contributed by atoms with Crippen molar-refractivity contribution in [3.63, 3.8) is 0 Å². The molecular formula is C20H23F4N5O4. The minimum Gasteiger partial charge on any atom is -0.475 e. The quantitative estimate of drug-likeness (QED) is 0.554. The summed E-state index contributed by atoms with van der Waals surface area (Å²) in [6.45, 7) is 5.64. The van der Waals surface area contributed by atoms with E-state index in [2.05, 4.69) is 20.6 Å². The van der Waals surface area contributed by atoms with Crippen LogP contribution in [0.25, 0.3) is 16.9 Å². The molecule has 3 heterocycles. The molecule has 1 aliphatic rings. The van der Waals surface area contributed by atoms with Crippen molar-refractivity contribution < 1.29 is 36.7 Å². The minimum atomic E-state index is -5.08. The number of ether oxygens (including phenoxy) is 1. The molecule has 13 heteroatoms. The van der Waals surface area contributed by atoms with Gasteiger partial charge in [-0.25, -0.2) is 9.18 Å². The largest absolute Gasteiger partial charge is 0.490 e. The van der Waals surface area contributed by atoms with Crippen LogP contribution >= 0.6 is 0 Å². The van der Waals surface area contributed by atoms with Crippen LogP contribution in [0.5, 0.6) is 0 Å². The Hall–Kier alpha value is -3.06. The maximum Gasteiger partial charge on any atom is 0.490 e. The lowest BCUT2D eigenvalue weighted by atomic mass is 9.95. The van der Waals surface area contributed by atoms with E-state index in [1.165, 1.54) is 10.7 Å². The second-order valence-electron chi connectivity index (χ2n) is 7.70. The third-order valence-electron chi connectivity index (χ3n) is 5.14. The molecule has 3 aromatic rings. The highest BCUT2D eigenvalue weighted by atomic mass is 19.4. The predicted octanol–water partition coefficient (Wildman–Crippen LogP) is 3.40. The van der Waals surface area contributed by atoms with Gasteiger partial charge in [-0.15, -0.1) is 0 Å². The molecule has 9 nitrogen and oxygen atoms in total. The number of halogens is 4. The van der Waals surface area contributed by atoms with E-state index in [0.717, 1.165) is 30.6 Å². The molecule has 1 saturated heterocycles. The van der Waals surface area contributed by atoms with Gasteiger partial charge >= 0.3 is 12.1 Å². The number of hydrogen-bond acceptors (Lipinski definition) is 7. The van der Waals surface area contributed by atoms with Crippen molar-refractivity contribution in [2.75, 3.05) is 20.2 Å². The van der Waals surface area contributed by atoms with Crippen LogP contribution in [-0.4, -0.2) is 63.5 Å². The minimum absolute atomic E-state index is 0.0127. The van der Waals surface area contributed by atoms with Crippen LogP contribution in [0.1, 0.15) is 43.7 Å². The Morgan fingerprint density at radius 3 is 2.67 bits per heavy atom. The Morgan fingerprint density at radius 2 is 2.06 bits per heavy atom. The number of aliphatic carboxylic acids is 1. The van der Waals surface area contributed by atoms with Gasteiger partial charge in [0.05, 0.1) is 17.7 Å². The molecule has 180 valence electrons. The summed E-state index contributed by atoms with van der Waals surface area (Å²) in [5, 5.41) is 19.8. The van der Waals surface area contributed by atoms with Crippen LogP contribution < -0.4 is 5.32 Å². The summed E-state index contributed by atoms with van der Waals surface area (Å²) in [5.74, 6) is -2.21. The maximum absolute atomic E-state index is 14.5. The molecule has 33 heavy (non-hydrogen) atoms. The summed E-state index contributed by atoms with van der Waals surface area (Å²) in [4.78, 5) is 13.4. The summed E-state index contributed by atoms with van der Waals surface area (Å²) in [6, 6.07) is 4.97. The molecule has 4 rings (SSSR count). The fourth-order valence-corrected chi connectivity index (χ4v) is 3.54. The molecule has 0 radical (unpaired) electrons. The van der Waals surface area contributed by atoms with Gasteiger partial charge in [-0.3, -0.25) is 0 Å². The van der Waals surface area contributed by atoms with Gasteiger partial charge in [-0.1, -0.05) is 26.0 Å². The number of alkyl halides is 3. The Kier molecular flexibility index (Phi) is 7.32. The number of benzene rings is 1. The Bertz CT molecular complexity index is 1110. The average Bonchev–Trinajstić information content (AvgIpc) is 3.39. The zero-order valence-electron chi connectivity index (χ0n) is 18.1. The number of hydrogen-bond donors (Lipinski definition) is 2. The van der Waals surface area contributed by atoms with Crippen LogP contribution in [0, 0.1) is 5.82 Å². The smallest absolute Gasteiger partial charge is 0.475 e. The average molecular weight is 473 g/mol. The number of fused-ring (bicyclic) bond motifs is 1. The van der Waals surface area contributed by atoms with Gasteiger partial charge in [-0.2, -0.15) is 27.9 Å². The van der Waals surface area contributed by atoms with Gasteiger partial charge < -0.3 is 19.7 Å². The Balaban J connectivity index is 0.000000383. The number of nitrogens with one attached hydrogen (secondary N) is 1. The monoisotopic (exact) mass is 473 g/mol. The fourth-order valence-electron chi connectivity index (χ4n) is 3.54. The second-order valence-corrected chi connectivity index (χ2v) is 7.70. The lowest BCUT2D eigenvalue weighted by molar-refractivity contribution is -0.192. The molecule has 0 bridgehead atoms. The highest BCUT2D eigenvalue weighted by molar-refractivity contribution is 5.84. The molecule has 2 atom stereocenters. The summed E-state index contributed by atoms with van der Waals surface area (Å²) < 4.78 is 58.7. The number of carboxylic acid groups (broad SMARTS) is 1. The zero-order valence-corrected chi connectivity index (χ0v) is 18.1. The van der Waals surface area contributed by atoms with Gasteiger partial charge in [0, 0.05) is 19.0 Å². The molecule has 0 amide bonds. The molecule has 0 spiro atoms. The maximum atomic E-state index is 14.5. The number of nitrogens with zero attached hydrogens (tertiary/aromatic N) is 4. The molecule has 1 aliphatic heterocycles. The number of aromatic nitrogens is 4. The molecule has 1 aromatic carbocycles. The van der Waals surface area contributed by atoms with E-state index in [0.29, 0.717) is 11.4 Å². The van der Waals surface area contributed by atoms with E-state index in [1.807, 2.05) is 19.9 Å². The first kappa shape index (κ1) is 24.6. The molecule has 1 fully saturated rings. The van der Waals surface area contributed by atoms with Gasteiger partial charge in [-0.05, 0) is 30.1 Å². The van der Waals surface area contributed by atoms with Crippen LogP contribution in [0.3, 0.4) is 0 Å². The van der Waals surface area contributed by atoms with Gasteiger partial charge in [0.2, 0.25) is 5.89 Å². The molecule has 2 N–H and O–H groups in total. The van der Waals surface area contributed by atoms with Crippen molar-refractivity contribution in [3.8, 4) is 5.95 Å². The van der Waals surface area contributed by atoms with Crippen molar-refractivity contribution in [3.05, 3.63) is 35.6 Å². The molecule has 0 unspecified atom stereocenters. The molecule has 0 saturated carbocycles. The summed E-state index contributed by atoms with van der Waals surface area (Å²) in [7, 11) is 1.67. The highest BCUT2D eigenvalue weighted by Crippen LogP contribution is 2.30. The van der Waals surface area contributed by atoms with Gasteiger partial charge in [0.15, 0.2) is 0 Å². The SMILES string of the molecule is CO[C@@H]1CNCC[C@@H]1c1nc(-n2nc(C(C)C)c3cccc(F)c32)no1.O=C(O)C(F)(F)F. The molecule has 0 aliphatic carbocycles. The van der Waals surface area contributed by atoms with Crippen molar-refractivity contribution in [1.29, 1.82) is 0 Å². The zero-order chi connectivity index (χ0) is 24.3. The van der Waals surface area contributed by atoms with Crippen LogP contribution in [0.2, 0.25) is 0 Å². The predicted molar refractivity (Wildman–Crippen MR) is 108 cm³/mol. The standard InChI is InChI=1S/C18H22FN5O2.C2HF3O2/c1-10(2)15-12-5-4-6-13(19)16(12)24(22-15)18-21-17(26-23-18)11-7-8-20-9-14(11)25-3;3-2(4,5)1(6)7/h4-6,10-11,14,20H,7-9H2,1-3H3;(H,6,7)/t11-,14+;/m0./s1. The lowest BCUT2D eigenvalue weighted by Crippen LogP contribution is -2.40. The summed E-state index contributed by atoms with van der Waals surface area (Å²) in [6.07, 6.45) is -4.28. The number of methoxy groups -OCH3 is 1. The van der Waals surface area contributed by atoms with E-state index in [-0.39, 0.29) is 29.7 Å². The highest BCUT2D eigenvalue weighted by Gasteiger charge is 2.38. The number of carbonyl (C=O) groups is 1. The third-order valence-corrected chi connectivity index (χ3v) is 5.14. The van der Waals surface area contributed by atoms with Gasteiger partial charge in [0.25, 0.3) is 5.95 Å². The van der Waals surface area contributed by atoms with E-state index in [9.17, 15) is 17.6 Å². The van der Waals surface area contributed by atoms with Crippen molar-refractivity contribution in [2.24, 2.45) is 0 Å². The van der Waals surface area contributed by atoms with E-state index in [4.69, 9.17) is 19.2 Å². The Morgan fingerprint density at radius 1 is 1.36 bits per heavy atom. The van der Waals surface area contributed by atoms with E-state index in [1.54, 1.807) is 13.2 Å². The number of rotatable bonds is 4. The van der Waals surface area contributed by atoms with Crippen molar-refractivity contribution >= 4 is 16.9 Å². The van der Waals surface area contributed by atoms with Crippen molar-refractivity contribution in [2.45, 2.75) is 44.4 Å². The molecular weight excluding hydrogens is 450 g/mol. The number of carboxylic acids is 1. The topological polar surface area (TPSA) is 115 Å². The van der Waals surface area contributed by atoms with Crippen molar-refractivity contribution in [1.82, 2.24) is 25.2 Å². The third kappa shape index (κ3) is 5.30. The number of para-hydroxylation sites is 1. The van der Waals surface area contributed by atoms with Crippen LogP contribution in [0.4, 0.5) is 17.6 Å². The Labute approximate surface area is 185 Å². The summed E-state index contributed by atoms with van der Waals surface area (Å²) in [5.41, 5.74) is 1.18. The summed E-state index contributed by atoms with van der Waals surface area (Å²) >= 11 is 0. The van der Waals surface area contributed by atoms with Crippen LogP contribution in [-0.2, 0) is 9.53 Å². The second kappa shape index (κ2) is 9.83. The molecule has 2 aromatic heterocycles. The first-order valence-electron chi connectivity index (χ1n) is 10.1. The van der Waals surface area contributed by atoms with E-state index < -0.39 is 12.1 Å². The fraction of sp³-hybridized carbons (Fsp3) is 0.500. The first-order chi connectivity index (χ1) is 15.5. The van der Waals surface area contributed by atoms with E-state index >= 15 is 0 Å². The number of piperidine rings is 1. The van der Waals surface area contributed by atoms with Crippen LogP contribution in [0.15, 0.2) is 22.7 Å². The lowest BCUT2D eigenvalue weighted by Gasteiger charge is -2.28. The first-order valence-corrected chi connectivity index (χ1v) is 10.1. The van der Waals surface area contributed by atoms with Gasteiger partial charge in [0.1, 0.15) is 11.3 Å².